The molecule has 0 aliphatic carbocycles. The van der Waals surface area contributed by atoms with E-state index in [1.54, 1.807) is 7.05 Å². The fourth-order valence-corrected chi connectivity index (χ4v) is 1.96. The molecular weight excluding hydrogens is 262 g/mol. The summed E-state index contributed by atoms with van der Waals surface area (Å²) in [7, 11) is 3.54. The predicted octanol–water partition coefficient (Wildman–Crippen LogP) is 2.02. The number of nitrogens with one attached hydrogen (secondary N) is 2. The summed E-state index contributed by atoms with van der Waals surface area (Å²) in [6.07, 6.45) is 0. The fourth-order valence-electron chi connectivity index (χ4n) is 1.76. The van der Waals surface area contributed by atoms with Crippen LogP contribution in [0.2, 0.25) is 5.02 Å². The van der Waals surface area contributed by atoms with E-state index in [-0.39, 0.29) is 5.91 Å². The maximum atomic E-state index is 11.4. The minimum atomic E-state index is -0.0137. The summed E-state index contributed by atoms with van der Waals surface area (Å²) in [6.45, 7) is 5.25. The van der Waals surface area contributed by atoms with Crippen molar-refractivity contribution in [2.75, 3.05) is 25.5 Å². The molecule has 2 N–H and O–H groups in total. The van der Waals surface area contributed by atoms with Crippen LogP contribution in [-0.4, -0.2) is 32.6 Å². The van der Waals surface area contributed by atoms with Gasteiger partial charge >= 0.3 is 0 Å². The van der Waals surface area contributed by atoms with Gasteiger partial charge < -0.3 is 15.5 Å². The highest BCUT2D eigenvalue weighted by molar-refractivity contribution is 6.30. The number of amides is 1. The molecule has 0 bridgehead atoms. The molecule has 0 fully saturated rings. The third kappa shape index (κ3) is 5.09. The lowest BCUT2D eigenvalue weighted by Gasteiger charge is -2.22. The third-order valence-corrected chi connectivity index (χ3v) is 3.05. The van der Waals surface area contributed by atoms with E-state index in [9.17, 15) is 4.79 Å². The van der Waals surface area contributed by atoms with Gasteiger partial charge in [-0.05, 0) is 23.8 Å². The van der Waals surface area contributed by atoms with Gasteiger partial charge in [-0.1, -0.05) is 25.4 Å². The highest BCUT2D eigenvalue weighted by atomic mass is 35.5. The Bertz CT molecular complexity index is 435. The van der Waals surface area contributed by atoms with Crippen LogP contribution in [0.15, 0.2) is 18.2 Å². The van der Waals surface area contributed by atoms with E-state index in [1.165, 1.54) is 0 Å². The van der Waals surface area contributed by atoms with Crippen molar-refractivity contribution >= 4 is 23.2 Å². The Kier molecular flexibility index (Phi) is 6.12. The SMILES string of the molecule is CNC(=O)CN(C)c1ccc(Cl)cc1CNC(C)C. The molecule has 0 heterocycles. The van der Waals surface area contributed by atoms with Crippen molar-refractivity contribution < 1.29 is 4.79 Å². The third-order valence-electron chi connectivity index (χ3n) is 2.81. The second kappa shape index (κ2) is 7.36. The molecule has 106 valence electrons. The Labute approximate surface area is 120 Å². The summed E-state index contributed by atoms with van der Waals surface area (Å²) >= 11 is 6.04. The maximum absolute atomic E-state index is 11.4. The van der Waals surface area contributed by atoms with Gasteiger partial charge in [-0.3, -0.25) is 4.79 Å². The molecule has 4 nitrogen and oxygen atoms in total. The van der Waals surface area contributed by atoms with Gasteiger partial charge in [-0.25, -0.2) is 0 Å². The highest BCUT2D eigenvalue weighted by Gasteiger charge is 2.11. The molecule has 19 heavy (non-hydrogen) atoms. The summed E-state index contributed by atoms with van der Waals surface area (Å²) in [4.78, 5) is 13.4. The first-order valence-electron chi connectivity index (χ1n) is 6.37. The van der Waals surface area contributed by atoms with E-state index in [0.29, 0.717) is 17.6 Å². The lowest BCUT2D eigenvalue weighted by atomic mass is 10.1. The van der Waals surface area contributed by atoms with E-state index in [1.807, 2.05) is 30.1 Å². The Morgan fingerprint density at radius 1 is 1.42 bits per heavy atom. The number of likely N-dealkylation sites (N-methyl/N-ethyl adjacent to an activating group) is 2. The number of halogens is 1. The van der Waals surface area contributed by atoms with Crippen molar-refractivity contribution in [3.63, 3.8) is 0 Å². The van der Waals surface area contributed by atoms with Crippen LogP contribution >= 0.6 is 11.6 Å². The van der Waals surface area contributed by atoms with Gasteiger partial charge in [-0.2, -0.15) is 0 Å². The van der Waals surface area contributed by atoms with Gasteiger partial charge in [0.2, 0.25) is 5.91 Å². The van der Waals surface area contributed by atoms with Gasteiger partial charge in [0.05, 0.1) is 6.54 Å². The fraction of sp³-hybridized carbons (Fsp3) is 0.500. The van der Waals surface area contributed by atoms with Crippen LogP contribution in [0.5, 0.6) is 0 Å². The van der Waals surface area contributed by atoms with Crippen molar-refractivity contribution in [1.82, 2.24) is 10.6 Å². The zero-order valence-electron chi connectivity index (χ0n) is 12.0. The topological polar surface area (TPSA) is 44.4 Å². The van der Waals surface area contributed by atoms with Crippen LogP contribution in [-0.2, 0) is 11.3 Å². The van der Waals surface area contributed by atoms with Crippen molar-refractivity contribution in [2.45, 2.75) is 26.4 Å². The Morgan fingerprint density at radius 2 is 2.11 bits per heavy atom. The molecule has 0 aliphatic heterocycles. The molecule has 1 rings (SSSR count). The normalized spacial score (nSPS) is 10.6. The molecule has 0 saturated heterocycles. The van der Waals surface area contributed by atoms with Gasteiger partial charge in [0, 0.05) is 37.4 Å². The molecule has 1 amide bonds. The average molecular weight is 284 g/mol. The highest BCUT2D eigenvalue weighted by Crippen LogP contribution is 2.23. The van der Waals surface area contributed by atoms with Gasteiger partial charge in [0.1, 0.15) is 0 Å². The Hall–Kier alpha value is -1.26. The number of anilines is 1. The molecular formula is C14H22ClN3O. The molecule has 0 aliphatic rings. The first-order chi connectivity index (χ1) is 8.93. The van der Waals surface area contributed by atoms with E-state index >= 15 is 0 Å². The Balaban J connectivity index is 2.88. The van der Waals surface area contributed by atoms with E-state index in [4.69, 9.17) is 11.6 Å². The average Bonchev–Trinajstić information content (AvgIpc) is 2.36. The van der Waals surface area contributed by atoms with E-state index in [2.05, 4.69) is 24.5 Å². The second-order valence-electron chi connectivity index (χ2n) is 4.84. The Morgan fingerprint density at radius 3 is 2.68 bits per heavy atom. The lowest BCUT2D eigenvalue weighted by Crippen LogP contribution is -2.34. The summed E-state index contributed by atoms with van der Waals surface area (Å²) in [5.41, 5.74) is 2.11. The zero-order chi connectivity index (χ0) is 14.4. The molecule has 5 heteroatoms. The standard InChI is InChI=1S/C14H22ClN3O/c1-10(2)17-8-11-7-12(15)5-6-13(11)18(4)9-14(19)16-3/h5-7,10,17H,8-9H2,1-4H3,(H,16,19). The van der Waals surface area contributed by atoms with Gasteiger partial charge in [0.15, 0.2) is 0 Å². The molecule has 1 aromatic carbocycles. The molecule has 0 unspecified atom stereocenters. The summed E-state index contributed by atoms with van der Waals surface area (Å²) in [5.74, 6) is -0.0137. The molecule has 0 saturated carbocycles. The van der Waals surface area contributed by atoms with Crippen LogP contribution in [0, 0.1) is 0 Å². The number of benzene rings is 1. The quantitative estimate of drug-likeness (QED) is 0.840. The number of carbonyl (C=O) groups excluding carboxylic acids is 1. The van der Waals surface area contributed by atoms with Crippen molar-refractivity contribution in [3.05, 3.63) is 28.8 Å². The van der Waals surface area contributed by atoms with Crippen LogP contribution in [0.1, 0.15) is 19.4 Å². The van der Waals surface area contributed by atoms with Gasteiger partial charge in [-0.15, -0.1) is 0 Å². The number of hydrogen-bond donors (Lipinski definition) is 2. The molecule has 0 aromatic heterocycles. The number of rotatable bonds is 6. The molecule has 1 aromatic rings. The van der Waals surface area contributed by atoms with Crippen molar-refractivity contribution in [2.24, 2.45) is 0 Å². The maximum Gasteiger partial charge on any atom is 0.239 e. The van der Waals surface area contributed by atoms with Crippen LogP contribution in [0.4, 0.5) is 5.69 Å². The second-order valence-corrected chi connectivity index (χ2v) is 5.27. The first kappa shape index (κ1) is 15.8. The van der Waals surface area contributed by atoms with Crippen molar-refractivity contribution in [1.29, 1.82) is 0 Å². The van der Waals surface area contributed by atoms with Gasteiger partial charge in [0.25, 0.3) is 0 Å². The van der Waals surface area contributed by atoms with Crippen LogP contribution < -0.4 is 15.5 Å². The first-order valence-corrected chi connectivity index (χ1v) is 6.75. The minimum absolute atomic E-state index is 0.0137. The predicted molar refractivity (Wildman–Crippen MR) is 80.8 cm³/mol. The summed E-state index contributed by atoms with van der Waals surface area (Å²) < 4.78 is 0. The van der Waals surface area contributed by atoms with Crippen LogP contribution in [0.25, 0.3) is 0 Å². The smallest absolute Gasteiger partial charge is 0.239 e. The van der Waals surface area contributed by atoms with Crippen LogP contribution in [0.3, 0.4) is 0 Å². The minimum Gasteiger partial charge on any atom is -0.365 e. The molecule has 0 atom stereocenters. The molecule has 0 radical (unpaired) electrons. The van der Waals surface area contributed by atoms with E-state index in [0.717, 1.165) is 17.8 Å². The van der Waals surface area contributed by atoms with Crippen molar-refractivity contribution in [3.8, 4) is 0 Å². The monoisotopic (exact) mass is 283 g/mol. The summed E-state index contributed by atoms with van der Waals surface area (Å²) in [6, 6.07) is 6.13. The summed E-state index contributed by atoms with van der Waals surface area (Å²) in [5, 5.41) is 6.70. The lowest BCUT2D eigenvalue weighted by molar-refractivity contribution is -0.119. The molecule has 0 spiro atoms. The zero-order valence-corrected chi connectivity index (χ0v) is 12.7. The van der Waals surface area contributed by atoms with E-state index < -0.39 is 0 Å². The number of carbonyl (C=O) groups is 1. The largest absolute Gasteiger partial charge is 0.365 e. The number of nitrogens with zero attached hydrogens (tertiary/aromatic N) is 1. The number of hydrogen-bond acceptors (Lipinski definition) is 3.